The van der Waals surface area contributed by atoms with Crippen LogP contribution >= 0.6 is 0 Å². The monoisotopic (exact) mass is 403 g/mol. The number of aliphatic hydroxyl groups excluding tert-OH is 2. The number of unbranched alkanes of at least 4 members (excludes halogenated alkanes) is 2. The number of carbonyl (C=O) groups excluding carboxylic acids is 2. The SMILES string of the molecule is CCCN(CCCCC(=O)NCC(O)CN)CCCCC(=O)NCC(O)CN. The Kier molecular flexibility index (Phi) is 17.0. The molecule has 0 aliphatic carbocycles. The molecule has 0 aliphatic rings. The number of hydrogen-bond acceptors (Lipinski definition) is 7. The lowest BCUT2D eigenvalue weighted by Crippen LogP contribution is -2.36. The molecule has 166 valence electrons. The summed E-state index contributed by atoms with van der Waals surface area (Å²) in [6.45, 7) is 5.70. The van der Waals surface area contributed by atoms with Crippen LogP contribution in [0.1, 0.15) is 51.9 Å². The molecule has 0 spiro atoms. The number of hydrogen-bond donors (Lipinski definition) is 6. The lowest BCUT2D eigenvalue weighted by Gasteiger charge is -2.21. The summed E-state index contributed by atoms with van der Waals surface area (Å²) >= 11 is 0. The molecule has 0 bridgehead atoms. The second-order valence-electron chi connectivity index (χ2n) is 7.14. The van der Waals surface area contributed by atoms with Crippen molar-refractivity contribution in [1.29, 1.82) is 0 Å². The molecule has 0 aliphatic heterocycles. The normalized spacial score (nSPS) is 13.4. The van der Waals surface area contributed by atoms with Crippen LogP contribution in [-0.2, 0) is 9.59 Å². The third-order valence-corrected chi connectivity index (χ3v) is 4.41. The lowest BCUT2D eigenvalue weighted by molar-refractivity contribution is -0.122. The van der Waals surface area contributed by atoms with E-state index < -0.39 is 12.2 Å². The molecule has 0 saturated carbocycles. The molecule has 2 unspecified atom stereocenters. The fraction of sp³-hybridized carbons (Fsp3) is 0.895. The van der Waals surface area contributed by atoms with E-state index >= 15 is 0 Å². The van der Waals surface area contributed by atoms with Crippen molar-refractivity contribution < 1.29 is 19.8 Å². The fourth-order valence-corrected chi connectivity index (χ4v) is 2.70. The van der Waals surface area contributed by atoms with Crippen LogP contribution in [0.5, 0.6) is 0 Å². The Morgan fingerprint density at radius 3 is 1.61 bits per heavy atom. The third kappa shape index (κ3) is 15.8. The number of rotatable bonds is 18. The molecule has 9 nitrogen and oxygen atoms in total. The minimum absolute atomic E-state index is 0.0553. The van der Waals surface area contributed by atoms with E-state index in [1.165, 1.54) is 0 Å². The van der Waals surface area contributed by atoms with Crippen LogP contribution in [0.2, 0.25) is 0 Å². The molecule has 0 saturated heterocycles. The first kappa shape index (κ1) is 26.7. The van der Waals surface area contributed by atoms with Gasteiger partial charge in [0.15, 0.2) is 0 Å². The van der Waals surface area contributed by atoms with Gasteiger partial charge in [-0.05, 0) is 51.7 Å². The number of carbonyl (C=O) groups is 2. The van der Waals surface area contributed by atoms with Crippen molar-refractivity contribution in [3.05, 3.63) is 0 Å². The molecule has 9 heteroatoms. The summed E-state index contributed by atoms with van der Waals surface area (Å²) in [6, 6.07) is 0. The Bertz CT molecular complexity index is 378. The largest absolute Gasteiger partial charge is 0.390 e. The molecule has 2 atom stereocenters. The van der Waals surface area contributed by atoms with Crippen LogP contribution in [0.4, 0.5) is 0 Å². The van der Waals surface area contributed by atoms with Crippen LogP contribution in [0.3, 0.4) is 0 Å². The zero-order valence-corrected chi connectivity index (χ0v) is 17.4. The van der Waals surface area contributed by atoms with E-state index in [0.29, 0.717) is 12.8 Å². The van der Waals surface area contributed by atoms with E-state index in [0.717, 1.165) is 51.7 Å². The Morgan fingerprint density at radius 1 is 0.821 bits per heavy atom. The van der Waals surface area contributed by atoms with Crippen molar-refractivity contribution in [3.8, 4) is 0 Å². The molecule has 0 radical (unpaired) electrons. The highest BCUT2D eigenvalue weighted by molar-refractivity contribution is 5.76. The summed E-state index contributed by atoms with van der Waals surface area (Å²) in [5, 5.41) is 24.0. The second-order valence-corrected chi connectivity index (χ2v) is 7.14. The first-order chi connectivity index (χ1) is 13.4. The molecule has 2 amide bonds. The summed E-state index contributed by atoms with van der Waals surface area (Å²) in [6.07, 6.45) is 4.07. The Balaban J connectivity index is 3.82. The number of nitrogens with two attached hydrogens (primary N) is 2. The van der Waals surface area contributed by atoms with Gasteiger partial charge in [-0.1, -0.05) is 6.92 Å². The van der Waals surface area contributed by atoms with Gasteiger partial charge in [-0.15, -0.1) is 0 Å². The first-order valence-corrected chi connectivity index (χ1v) is 10.4. The van der Waals surface area contributed by atoms with Crippen LogP contribution in [0, 0.1) is 0 Å². The van der Waals surface area contributed by atoms with Gasteiger partial charge in [-0.25, -0.2) is 0 Å². The van der Waals surface area contributed by atoms with E-state index in [1.54, 1.807) is 0 Å². The quantitative estimate of drug-likeness (QED) is 0.159. The zero-order chi connectivity index (χ0) is 21.2. The summed E-state index contributed by atoms with van der Waals surface area (Å²) in [4.78, 5) is 25.7. The standard InChI is InChI=1S/C19H41N5O4/c1-2-9-24(10-5-3-7-18(27)22-14-16(25)12-20)11-6-4-8-19(28)23-15-17(26)13-21/h16-17,25-26H,2-15,20-21H2,1H3,(H,22,27)(H,23,28). The average Bonchev–Trinajstić information content (AvgIpc) is 2.70. The Morgan fingerprint density at radius 2 is 1.25 bits per heavy atom. The Hall–Kier alpha value is -1.26. The maximum atomic E-state index is 11.7. The van der Waals surface area contributed by atoms with E-state index in [1.807, 2.05) is 0 Å². The van der Waals surface area contributed by atoms with Crippen LogP contribution in [0.15, 0.2) is 0 Å². The van der Waals surface area contributed by atoms with E-state index in [9.17, 15) is 19.8 Å². The molecular weight excluding hydrogens is 362 g/mol. The zero-order valence-electron chi connectivity index (χ0n) is 17.4. The third-order valence-electron chi connectivity index (χ3n) is 4.41. The lowest BCUT2D eigenvalue weighted by atomic mass is 10.2. The second kappa shape index (κ2) is 17.8. The van der Waals surface area contributed by atoms with Gasteiger partial charge < -0.3 is 37.2 Å². The van der Waals surface area contributed by atoms with Gasteiger partial charge in [-0.2, -0.15) is 0 Å². The summed E-state index contributed by atoms with van der Waals surface area (Å²) in [5.74, 6) is -0.111. The molecule has 28 heavy (non-hydrogen) atoms. The molecule has 0 rings (SSSR count). The van der Waals surface area contributed by atoms with Crippen molar-refractivity contribution in [1.82, 2.24) is 15.5 Å². The highest BCUT2D eigenvalue weighted by atomic mass is 16.3. The Labute approximate surface area is 169 Å². The highest BCUT2D eigenvalue weighted by Gasteiger charge is 2.08. The summed E-state index contributed by atoms with van der Waals surface area (Å²) in [5.41, 5.74) is 10.6. The van der Waals surface area contributed by atoms with Gasteiger partial charge in [0.2, 0.25) is 11.8 Å². The molecule has 0 aromatic carbocycles. The van der Waals surface area contributed by atoms with Gasteiger partial charge in [0.25, 0.3) is 0 Å². The predicted octanol–water partition coefficient (Wildman–Crippen LogP) is -1.09. The number of nitrogens with zero attached hydrogens (tertiary/aromatic N) is 1. The van der Waals surface area contributed by atoms with Crippen molar-refractivity contribution >= 4 is 11.8 Å². The van der Waals surface area contributed by atoms with Gasteiger partial charge in [0.1, 0.15) is 0 Å². The number of aliphatic hydroxyl groups is 2. The first-order valence-electron chi connectivity index (χ1n) is 10.4. The number of amides is 2. The van der Waals surface area contributed by atoms with Gasteiger partial charge >= 0.3 is 0 Å². The van der Waals surface area contributed by atoms with Crippen molar-refractivity contribution in [2.24, 2.45) is 11.5 Å². The molecule has 0 fully saturated rings. The average molecular weight is 404 g/mol. The molecule has 0 aromatic rings. The maximum Gasteiger partial charge on any atom is 0.220 e. The topological polar surface area (TPSA) is 154 Å². The molecular formula is C19H41N5O4. The van der Waals surface area contributed by atoms with E-state index in [4.69, 9.17) is 11.5 Å². The summed E-state index contributed by atoms with van der Waals surface area (Å²) < 4.78 is 0. The predicted molar refractivity (Wildman–Crippen MR) is 111 cm³/mol. The minimum Gasteiger partial charge on any atom is -0.390 e. The number of nitrogens with one attached hydrogen (secondary N) is 2. The molecule has 8 N–H and O–H groups in total. The van der Waals surface area contributed by atoms with Gasteiger partial charge in [0.05, 0.1) is 12.2 Å². The van der Waals surface area contributed by atoms with Crippen LogP contribution < -0.4 is 22.1 Å². The van der Waals surface area contributed by atoms with Crippen molar-refractivity contribution in [2.45, 2.75) is 64.1 Å². The van der Waals surface area contributed by atoms with Crippen LogP contribution in [-0.4, -0.2) is 84.9 Å². The summed E-state index contributed by atoms with van der Waals surface area (Å²) in [7, 11) is 0. The molecule has 0 aromatic heterocycles. The maximum absolute atomic E-state index is 11.7. The molecule has 0 heterocycles. The van der Waals surface area contributed by atoms with Gasteiger partial charge in [0, 0.05) is 39.0 Å². The van der Waals surface area contributed by atoms with E-state index in [-0.39, 0.29) is 38.0 Å². The smallest absolute Gasteiger partial charge is 0.220 e. The van der Waals surface area contributed by atoms with E-state index in [2.05, 4.69) is 22.5 Å². The van der Waals surface area contributed by atoms with Crippen LogP contribution in [0.25, 0.3) is 0 Å². The van der Waals surface area contributed by atoms with Crippen molar-refractivity contribution in [3.63, 3.8) is 0 Å². The van der Waals surface area contributed by atoms with Crippen molar-refractivity contribution in [2.75, 3.05) is 45.8 Å². The minimum atomic E-state index is -0.684. The fourth-order valence-electron chi connectivity index (χ4n) is 2.70. The highest BCUT2D eigenvalue weighted by Crippen LogP contribution is 2.04. The van der Waals surface area contributed by atoms with Gasteiger partial charge in [-0.3, -0.25) is 9.59 Å².